The summed E-state index contributed by atoms with van der Waals surface area (Å²) >= 11 is 0. The Morgan fingerprint density at radius 3 is 2.55 bits per heavy atom. The number of anilines is 1. The molecular formula is C27H25FN2O3. The highest BCUT2D eigenvalue weighted by Crippen LogP contribution is 2.65. The quantitative estimate of drug-likeness (QED) is 0.570. The molecule has 2 amide bonds. The lowest BCUT2D eigenvalue weighted by atomic mass is 9.92. The van der Waals surface area contributed by atoms with Crippen LogP contribution in [-0.4, -0.2) is 31.5 Å². The Balaban J connectivity index is 1.28. The van der Waals surface area contributed by atoms with Gasteiger partial charge in [-0.3, -0.25) is 9.59 Å². The van der Waals surface area contributed by atoms with E-state index in [0.717, 1.165) is 23.2 Å². The first-order valence-electron chi connectivity index (χ1n) is 11.2. The van der Waals surface area contributed by atoms with Crippen LogP contribution in [0.15, 0.2) is 78.9 Å². The van der Waals surface area contributed by atoms with Gasteiger partial charge in [0.25, 0.3) is 0 Å². The third kappa shape index (κ3) is 4.21. The number of halogens is 1. The lowest BCUT2D eigenvalue weighted by Gasteiger charge is -2.33. The van der Waals surface area contributed by atoms with E-state index in [2.05, 4.69) is 5.32 Å². The summed E-state index contributed by atoms with van der Waals surface area (Å²) in [5.74, 6) is -0.0291. The first-order valence-corrected chi connectivity index (χ1v) is 11.2. The number of carbonyl (C=O) groups excluding carboxylic acids is 2. The predicted molar refractivity (Wildman–Crippen MR) is 124 cm³/mol. The average molecular weight is 445 g/mol. The smallest absolute Gasteiger partial charge is 0.240 e. The summed E-state index contributed by atoms with van der Waals surface area (Å²) in [4.78, 5) is 27.9. The number of para-hydroxylation sites is 1. The van der Waals surface area contributed by atoms with Gasteiger partial charge in [0.1, 0.15) is 24.7 Å². The van der Waals surface area contributed by atoms with Gasteiger partial charge in [-0.15, -0.1) is 0 Å². The number of nitrogens with one attached hydrogen (secondary N) is 1. The normalized spacial score (nSPS) is 20.6. The van der Waals surface area contributed by atoms with Crippen molar-refractivity contribution in [1.29, 1.82) is 0 Å². The van der Waals surface area contributed by atoms with Gasteiger partial charge < -0.3 is 15.0 Å². The number of hydrogen-bond donors (Lipinski definition) is 1. The zero-order valence-corrected chi connectivity index (χ0v) is 18.2. The van der Waals surface area contributed by atoms with Crippen LogP contribution in [0.1, 0.15) is 23.5 Å². The number of amides is 2. The van der Waals surface area contributed by atoms with Gasteiger partial charge in [-0.1, -0.05) is 48.5 Å². The van der Waals surface area contributed by atoms with E-state index in [0.29, 0.717) is 18.7 Å². The molecule has 1 aliphatic carbocycles. The highest BCUT2D eigenvalue weighted by molar-refractivity contribution is 6.07. The molecule has 0 aromatic heterocycles. The van der Waals surface area contributed by atoms with E-state index >= 15 is 0 Å². The van der Waals surface area contributed by atoms with Gasteiger partial charge in [0, 0.05) is 18.2 Å². The van der Waals surface area contributed by atoms with Crippen LogP contribution in [0.3, 0.4) is 0 Å². The fraction of sp³-hybridized carbons (Fsp3) is 0.259. The topological polar surface area (TPSA) is 58.6 Å². The highest BCUT2D eigenvalue weighted by atomic mass is 19.1. The Morgan fingerprint density at radius 1 is 1.03 bits per heavy atom. The molecule has 6 heteroatoms. The maximum atomic E-state index is 13.6. The largest absolute Gasteiger partial charge is 0.492 e. The van der Waals surface area contributed by atoms with Crippen molar-refractivity contribution < 1.29 is 18.7 Å². The molecule has 1 N–H and O–H groups in total. The molecule has 2 unspecified atom stereocenters. The number of nitrogens with zero attached hydrogens (tertiary/aromatic N) is 1. The van der Waals surface area contributed by atoms with E-state index in [1.165, 1.54) is 12.1 Å². The second-order valence-electron chi connectivity index (χ2n) is 8.69. The third-order valence-corrected chi connectivity index (χ3v) is 6.54. The lowest BCUT2D eigenvalue weighted by Crippen LogP contribution is -2.48. The van der Waals surface area contributed by atoms with Crippen molar-refractivity contribution in [2.45, 2.75) is 18.8 Å². The molecule has 0 spiro atoms. The molecule has 1 fully saturated rings. The Hall–Kier alpha value is -3.67. The molecule has 3 aromatic carbocycles. The minimum absolute atomic E-state index is 0.0321. The Kier molecular flexibility index (Phi) is 5.58. The van der Waals surface area contributed by atoms with Crippen molar-refractivity contribution >= 4 is 17.5 Å². The second-order valence-corrected chi connectivity index (χ2v) is 8.69. The van der Waals surface area contributed by atoms with Crippen molar-refractivity contribution in [1.82, 2.24) is 5.32 Å². The van der Waals surface area contributed by atoms with Gasteiger partial charge in [0.2, 0.25) is 11.8 Å². The maximum Gasteiger partial charge on any atom is 0.240 e. The number of ether oxygens (including phenoxy) is 1. The number of hydrogen-bond acceptors (Lipinski definition) is 3. The summed E-state index contributed by atoms with van der Waals surface area (Å²) in [5, 5.41) is 2.93. The first-order chi connectivity index (χ1) is 16.1. The predicted octanol–water partition coefficient (Wildman–Crippen LogP) is 4.08. The summed E-state index contributed by atoms with van der Waals surface area (Å²) in [6, 6.07) is 23.5. The summed E-state index contributed by atoms with van der Waals surface area (Å²) < 4.78 is 19.1. The van der Waals surface area contributed by atoms with E-state index < -0.39 is 5.41 Å². The van der Waals surface area contributed by atoms with Crippen LogP contribution in [0.5, 0.6) is 5.75 Å². The van der Waals surface area contributed by atoms with E-state index in [1.807, 2.05) is 54.6 Å². The average Bonchev–Trinajstić information content (AvgIpc) is 3.59. The van der Waals surface area contributed by atoms with Gasteiger partial charge in [0.15, 0.2) is 0 Å². The summed E-state index contributed by atoms with van der Waals surface area (Å²) in [7, 11) is 0. The molecule has 168 valence electrons. The molecule has 33 heavy (non-hydrogen) atoms. The van der Waals surface area contributed by atoms with E-state index in [4.69, 9.17) is 4.74 Å². The van der Waals surface area contributed by atoms with Gasteiger partial charge >= 0.3 is 0 Å². The fourth-order valence-corrected chi connectivity index (χ4v) is 4.67. The Bertz CT molecular complexity index is 1170. The van der Waals surface area contributed by atoms with Gasteiger partial charge in [-0.05, 0) is 54.3 Å². The molecule has 0 radical (unpaired) electrons. The SMILES string of the molecule is O=C(CN1C(=O)C2(COc3ccc(F)cc3)CC2c2ccccc21)NCCc1ccccc1. The zero-order valence-electron chi connectivity index (χ0n) is 18.2. The molecule has 0 saturated heterocycles. The summed E-state index contributed by atoms with van der Waals surface area (Å²) in [5.41, 5.74) is 2.32. The number of fused-ring (bicyclic) bond motifs is 3. The van der Waals surface area contributed by atoms with Crippen LogP contribution < -0.4 is 15.0 Å². The van der Waals surface area contributed by atoms with Crippen LogP contribution in [0, 0.1) is 11.2 Å². The minimum Gasteiger partial charge on any atom is -0.492 e. The van der Waals surface area contributed by atoms with Crippen LogP contribution in [0.25, 0.3) is 0 Å². The van der Waals surface area contributed by atoms with Crippen LogP contribution in [0.2, 0.25) is 0 Å². The zero-order chi connectivity index (χ0) is 22.8. The maximum absolute atomic E-state index is 13.6. The first kappa shape index (κ1) is 21.2. The molecule has 0 bridgehead atoms. The number of rotatable bonds is 8. The van der Waals surface area contributed by atoms with Gasteiger partial charge in [-0.25, -0.2) is 4.39 Å². The van der Waals surface area contributed by atoms with Crippen molar-refractivity contribution in [2.24, 2.45) is 5.41 Å². The summed E-state index contributed by atoms with van der Waals surface area (Å²) in [6.45, 7) is 0.673. The standard InChI is InChI=1S/C27H25FN2O3/c28-20-10-12-21(13-11-20)33-18-27-16-23(27)22-8-4-5-9-24(22)30(26(27)32)17-25(31)29-15-14-19-6-2-1-3-7-19/h1-13,23H,14-18H2,(H,29,31). The molecule has 1 aliphatic heterocycles. The third-order valence-electron chi connectivity index (χ3n) is 6.54. The molecule has 5 rings (SSSR count). The molecule has 1 heterocycles. The monoisotopic (exact) mass is 444 g/mol. The van der Waals surface area contributed by atoms with E-state index in [1.54, 1.807) is 17.0 Å². The summed E-state index contributed by atoms with van der Waals surface area (Å²) in [6.07, 6.45) is 1.41. The number of benzene rings is 3. The molecule has 5 nitrogen and oxygen atoms in total. The number of carbonyl (C=O) groups is 2. The minimum atomic E-state index is -0.687. The van der Waals surface area contributed by atoms with E-state index in [9.17, 15) is 14.0 Å². The van der Waals surface area contributed by atoms with Crippen molar-refractivity contribution in [2.75, 3.05) is 24.6 Å². The molecule has 2 aliphatic rings. The van der Waals surface area contributed by atoms with Crippen molar-refractivity contribution in [3.8, 4) is 5.75 Å². The van der Waals surface area contributed by atoms with Gasteiger partial charge in [-0.2, -0.15) is 0 Å². The van der Waals surface area contributed by atoms with Crippen molar-refractivity contribution in [3.05, 3.63) is 95.8 Å². The van der Waals surface area contributed by atoms with E-state index in [-0.39, 0.29) is 36.7 Å². The molecule has 2 atom stereocenters. The Labute approximate surface area is 192 Å². The molecule has 3 aromatic rings. The van der Waals surface area contributed by atoms with Crippen LogP contribution in [-0.2, 0) is 16.0 Å². The lowest BCUT2D eigenvalue weighted by molar-refractivity contribution is -0.128. The van der Waals surface area contributed by atoms with Crippen LogP contribution >= 0.6 is 0 Å². The van der Waals surface area contributed by atoms with Crippen LogP contribution in [0.4, 0.5) is 10.1 Å². The molecule has 1 saturated carbocycles. The molecular weight excluding hydrogens is 419 g/mol. The highest BCUT2D eigenvalue weighted by Gasteiger charge is 2.66. The van der Waals surface area contributed by atoms with Crippen molar-refractivity contribution in [3.63, 3.8) is 0 Å². The Morgan fingerprint density at radius 2 is 1.76 bits per heavy atom. The van der Waals surface area contributed by atoms with Gasteiger partial charge in [0.05, 0.1) is 5.41 Å². The second kappa shape index (κ2) is 8.70. The fourth-order valence-electron chi connectivity index (χ4n) is 4.67.